The molecule has 0 saturated carbocycles. The van der Waals surface area contributed by atoms with Gasteiger partial charge in [0.2, 0.25) is 0 Å². The number of hydrogen-bond donors (Lipinski definition) is 0. The van der Waals surface area contributed by atoms with Gasteiger partial charge in [-0.2, -0.15) is 79.0 Å². The van der Waals surface area contributed by atoms with Crippen molar-refractivity contribution < 1.29 is 87.8 Å². The Bertz CT molecular complexity index is 5410. The fourth-order valence-electron chi connectivity index (χ4n) is 12.5. The highest BCUT2D eigenvalue weighted by Crippen LogP contribution is 2.69. The number of hydrogen-bond acceptors (Lipinski definition) is 5. The molecule has 0 amide bonds. The zero-order valence-electron chi connectivity index (χ0n) is 55.1. The monoisotopic (exact) mass is 1720 g/mol. The molecule has 3 aromatic heterocycles. The van der Waals surface area contributed by atoms with Gasteiger partial charge in [0.1, 0.15) is 0 Å². The molecule has 0 bridgehead atoms. The van der Waals surface area contributed by atoms with Crippen LogP contribution in [0.25, 0.3) is 90.5 Å². The summed E-state index contributed by atoms with van der Waals surface area (Å²) in [6.45, 7) is 0. The smallest absolute Gasteiger partial charge is 0.204 e. The predicted molar refractivity (Wildman–Crippen MR) is 421 cm³/mol. The molecule has 4 aliphatic rings. The maximum Gasteiger partial charge on any atom is 0.383 e. The number of thiophene rings is 3. The van der Waals surface area contributed by atoms with Crippen LogP contribution < -0.4 is 0 Å². The van der Waals surface area contributed by atoms with Crippen molar-refractivity contribution in [3.05, 3.63) is 317 Å². The summed E-state index contributed by atoms with van der Waals surface area (Å²) in [6, 6.07) is 67.9. The third kappa shape index (κ3) is 15.1. The molecule has 0 N–H and O–H groups in total. The summed E-state index contributed by atoms with van der Waals surface area (Å²) in [5, 5.41) is 0.450. The van der Waals surface area contributed by atoms with E-state index in [-0.39, 0.29) is 45.2 Å². The average molecular weight is 1730 g/mol. The van der Waals surface area contributed by atoms with Gasteiger partial charge in [-0.25, -0.2) is 8.78 Å². The van der Waals surface area contributed by atoms with E-state index in [0.29, 0.717) is 69.7 Å². The molecule has 4 aliphatic carbocycles. The second kappa shape index (κ2) is 32.7. The third-order valence-corrected chi connectivity index (χ3v) is 28.5. The van der Waals surface area contributed by atoms with Gasteiger partial charge >= 0.3 is 53.3 Å². The van der Waals surface area contributed by atoms with Gasteiger partial charge in [-0.3, -0.25) is 0 Å². The molecule has 0 unspecified atom stereocenters. The van der Waals surface area contributed by atoms with Crippen LogP contribution in [0.15, 0.2) is 284 Å². The highest BCUT2D eigenvalue weighted by Gasteiger charge is 2.83. The number of rotatable bonds is 12. The normalized spacial score (nSPS) is 18.1. The van der Waals surface area contributed by atoms with Crippen LogP contribution in [-0.2, 0) is 57.9 Å². The first-order valence-electron chi connectivity index (χ1n) is 32.0. The number of benzene rings is 8. The molecule has 11 aromatic rings. The molecule has 0 saturated heterocycles. The van der Waals surface area contributed by atoms with Crippen LogP contribution in [0, 0.1) is 0 Å². The first-order chi connectivity index (χ1) is 52.1. The first kappa shape index (κ1) is 83.7. The molecule has 0 radical (unpaired) electrons. The molecule has 0 nitrogen and oxygen atoms in total. The summed E-state index contributed by atoms with van der Waals surface area (Å²) in [4.78, 5) is 1.40. The lowest BCUT2D eigenvalue weighted by Crippen LogP contribution is -2.49. The highest BCUT2D eigenvalue weighted by molar-refractivity contribution is 8.64. The Hall–Kier alpha value is -8.23. The molecule has 0 spiro atoms. The molecular weight excluding hydrogens is 1680 g/mol. The van der Waals surface area contributed by atoms with Gasteiger partial charge in [-0.05, 0) is 104 Å². The van der Waals surface area contributed by atoms with Crippen LogP contribution in [0.4, 0.5) is 87.8 Å². The standard InChI is InChI=1S/C38H23ClF6S.2C21H11F7S.CH4.S6/c39-28-18-16-23(17-19-28)27-20-29(24-10-4-1-5-11-24)30(21-27)33-34(37(42,43)38(44,45)36(33,40)41)31-22-32(25-12-6-2-7-13-25)46-35(31)26-14-8-3-9-15-26;2*22-18-16(19(23,24)21(27,28)20(18,25)26)14-11-15(12-7-3-1-4-8-12)29-17(14)13-9-5-2-6-10-13;;1-3-5-6-4-2/h1-19,21-22H,20H2;2*1-11H;1H4;. The van der Waals surface area contributed by atoms with Gasteiger partial charge in [-0.15, -0.1) is 34.0 Å². The maximum atomic E-state index is 16.2. The van der Waals surface area contributed by atoms with Crippen molar-refractivity contribution in [3.63, 3.8) is 0 Å². The molecule has 3 heterocycles. The molecule has 8 aromatic carbocycles. The van der Waals surface area contributed by atoms with Crippen molar-refractivity contribution in [1.29, 1.82) is 0 Å². The fraction of sp³-hybridized carbons (Fsp3) is 0.136. The molecule has 0 fully saturated rings. The summed E-state index contributed by atoms with van der Waals surface area (Å²) in [7, 11) is 5.63. The lowest BCUT2D eigenvalue weighted by atomic mass is 9.90. The average Bonchev–Trinajstić information content (AvgIpc) is 1.54. The van der Waals surface area contributed by atoms with E-state index in [4.69, 9.17) is 11.6 Å². The zero-order valence-corrected chi connectivity index (χ0v) is 63.2. The van der Waals surface area contributed by atoms with E-state index < -0.39 is 98.4 Å². The number of halogens is 21. The Labute approximate surface area is 660 Å². The van der Waals surface area contributed by atoms with E-state index in [1.807, 2.05) is 0 Å². The minimum absolute atomic E-state index is 0. The van der Waals surface area contributed by atoms with Crippen LogP contribution in [0.3, 0.4) is 0 Å². The summed E-state index contributed by atoms with van der Waals surface area (Å²) < 4.78 is 292. The van der Waals surface area contributed by atoms with E-state index >= 15 is 26.3 Å². The third-order valence-electron chi connectivity index (χ3n) is 17.9. The van der Waals surface area contributed by atoms with Gasteiger partial charge in [0.05, 0.1) is 11.1 Å². The van der Waals surface area contributed by atoms with Crippen LogP contribution in [0.5, 0.6) is 0 Å². The van der Waals surface area contributed by atoms with Crippen molar-refractivity contribution in [3.8, 4) is 62.6 Å². The highest BCUT2D eigenvalue weighted by atomic mass is 35.5. The Kier molecular flexibility index (Phi) is 24.7. The van der Waals surface area contributed by atoms with Crippen molar-refractivity contribution in [2.75, 3.05) is 0 Å². The van der Waals surface area contributed by atoms with Gasteiger partial charge in [0.25, 0.3) is 0 Å². The quantitative estimate of drug-likeness (QED) is 0.112. The maximum absolute atomic E-state index is 16.2. The van der Waals surface area contributed by atoms with Crippen LogP contribution in [-0.4, -0.2) is 53.3 Å². The molecule has 111 heavy (non-hydrogen) atoms. The van der Waals surface area contributed by atoms with Crippen molar-refractivity contribution in [2.45, 2.75) is 67.2 Å². The van der Waals surface area contributed by atoms with Gasteiger partial charge in [-0.1, -0.05) is 243 Å². The Morgan fingerprint density at radius 1 is 0.306 bits per heavy atom. The van der Waals surface area contributed by atoms with Crippen LogP contribution >= 0.6 is 45.6 Å². The Morgan fingerprint density at radius 3 is 0.856 bits per heavy atom. The van der Waals surface area contributed by atoms with Gasteiger partial charge in [0, 0.05) is 120 Å². The minimum Gasteiger partial charge on any atom is -0.204 e. The van der Waals surface area contributed by atoms with Crippen molar-refractivity contribution >= 4 is 131 Å². The van der Waals surface area contributed by atoms with E-state index in [2.05, 4.69) is 22.4 Å². The summed E-state index contributed by atoms with van der Waals surface area (Å²) in [6.07, 6.45) is 1.41. The number of allylic oxidation sites excluding steroid dienone is 10. The molecule has 30 heteroatoms. The molecule has 574 valence electrons. The molecule has 15 rings (SSSR count). The first-order valence-corrected chi connectivity index (χ1v) is 41.5. The van der Waals surface area contributed by atoms with Gasteiger partial charge < -0.3 is 0 Å². The van der Waals surface area contributed by atoms with Gasteiger partial charge in [0.15, 0.2) is 11.7 Å². The lowest BCUT2D eigenvalue weighted by molar-refractivity contribution is -0.263. The summed E-state index contributed by atoms with van der Waals surface area (Å²) in [5.74, 6) is -55.4. The second-order valence-electron chi connectivity index (χ2n) is 24.4. The van der Waals surface area contributed by atoms with E-state index in [1.165, 1.54) is 71.9 Å². The topological polar surface area (TPSA) is 0 Å². The van der Waals surface area contributed by atoms with Crippen LogP contribution in [0.1, 0.15) is 41.7 Å². The molecular formula is C81H49ClF20S9. The van der Waals surface area contributed by atoms with E-state index in [0.717, 1.165) is 46.1 Å². The van der Waals surface area contributed by atoms with Crippen LogP contribution in [0.2, 0.25) is 5.02 Å². The molecule has 0 atom stereocenters. The summed E-state index contributed by atoms with van der Waals surface area (Å²) in [5.41, 5.74) is -3.96. The SMILES string of the molecule is C.FC1(F)C(C2=C(c3ccccc3)CC(c3ccc(Cl)cc3)=C2)=C(c2cc(-c3ccccc3)sc2-c2ccccc2)C(F)(F)C1(F)F.FC1=C(c2cc(-c3ccccc3)sc2-c2ccccc2)C(F)(F)C(F)(F)C1(F)F.FC1=C(c2cc(-c3ccccc3)sc2-c2ccccc2)C(F)(F)C(F)(F)C1(F)F.S=S=S=S=S=S. The van der Waals surface area contributed by atoms with E-state index in [9.17, 15) is 61.5 Å². The second-order valence-corrected chi connectivity index (χ2v) is 35.1. The Balaban J connectivity index is 0.000000164. The van der Waals surface area contributed by atoms with E-state index in [1.54, 1.807) is 212 Å². The predicted octanol–water partition coefficient (Wildman–Crippen LogP) is 28.3. The minimum atomic E-state index is -5.87. The number of alkyl halides is 18. The molecule has 0 aliphatic heterocycles. The fourth-order valence-corrected chi connectivity index (χ4v) is 21.7. The lowest BCUT2D eigenvalue weighted by Gasteiger charge is -2.26. The zero-order chi connectivity index (χ0) is 79.2. The Morgan fingerprint density at radius 2 is 0.568 bits per heavy atom. The van der Waals surface area contributed by atoms with Crippen molar-refractivity contribution in [2.24, 2.45) is 0 Å². The van der Waals surface area contributed by atoms with Crippen molar-refractivity contribution in [1.82, 2.24) is 0 Å². The summed E-state index contributed by atoms with van der Waals surface area (Å²) >= 11 is 18.1. The largest absolute Gasteiger partial charge is 0.383 e.